The van der Waals surface area contributed by atoms with E-state index >= 15 is 0 Å². The fourth-order valence-corrected chi connectivity index (χ4v) is 8.84. The van der Waals surface area contributed by atoms with Gasteiger partial charge in [-0.05, 0) is 103 Å². The fraction of sp³-hybridized carbons (Fsp3) is 0.514. The molecular formula is C37H41N3O3. The minimum Gasteiger partial charge on any atom is -0.370 e. The fourth-order valence-electron chi connectivity index (χ4n) is 8.84. The molecule has 6 aliphatic rings. The van der Waals surface area contributed by atoms with Crippen molar-refractivity contribution in [1.82, 2.24) is 10.2 Å². The minimum absolute atomic E-state index is 0.0719. The van der Waals surface area contributed by atoms with E-state index in [-0.39, 0.29) is 17.4 Å². The Morgan fingerprint density at radius 3 is 2.63 bits per heavy atom. The lowest BCUT2D eigenvalue weighted by molar-refractivity contribution is -0.120. The molecule has 3 aliphatic carbocycles. The van der Waals surface area contributed by atoms with E-state index in [1.165, 1.54) is 61.9 Å². The van der Waals surface area contributed by atoms with Crippen molar-refractivity contribution < 1.29 is 14.3 Å². The Labute approximate surface area is 254 Å². The van der Waals surface area contributed by atoms with Crippen LogP contribution in [0.15, 0.2) is 71.8 Å². The molecule has 2 aromatic rings. The Morgan fingerprint density at radius 1 is 1.07 bits per heavy atom. The van der Waals surface area contributed by atoms with Crippen LogP contribution in [0.25, 0.3) is 11.1 Å². The number of hydrogen-bond donors (Lipinski definition) is 1. The van der Waals surface area contributed by atoms with E-state index in [4.69, 9.17) is 14.7 Å². The first-order valence-corrected chi connectivity index (χ1v) is 16.4. The van der Waals surface area contributed by atoms with Gasteiger partial charge in [0.2, 0.25) is 5.91 Å². The molecule has 3 aliphatic heterocycles. The normalized spacial score (nSPS) is 32.6. The number of carbonyl (C=O) groups is 1. The molecule has 5 fully saturated rings. The molecule has 0 radical (unpaired) electrons. The van der Waals surface area contributed by atoms with Crippen molar-refractivity contribution in [2.75, 3.05) is 26.2 Å². The smallest absolute Gasteiger partial charge is 0.223 e. The summed E-state index contributed by atoms with van der Waals surface area (Å²) in [7, 11) is 0. The van der Waals surface area contributed by atoms with Gasteiger partial charge in [0.05, 0.1) is 30.4 Å². The van der Waals surface area contributed by atoms with E-state index in [9.17, 15) is 4.79 Å². The summed E-state index contributed by atoms with van der Waals surface area (Å²) in [6.07, 6.45) is 14.0. The highest BCUT2D eigenvalue weighted by Gasteiger charge is 2.68. The molecule has 1 spiro atoms. The van der Waals surface area contributed by atoms with Crippen molar-refractivity contribution in [3.8, 4) is 17.2 Å². The molecular weight excluding hydrogens is 534 g/mol. The van der Waals surface area contributed by atoms with Crippen LogP contribution in [0.1, 0.15) is 56.1 Å². The Bertz CT molecular complexity index is 1480. The Hall–Kier alpha value is -3.24. The topological polar surface area (TPSA) is 77.9 Å². The number of nitrogens with zero attached hydrogens (tertiary/aromatic N) is 2. The number of likely N-dealkylation sites (tertiary alicyclic amines) is 1. The summed E-state index contributed by atoms with van der Waals surface area (Å²) in [5.41, 5.74) is 7.17. The van der Waals surface area contributed by atoms with Gasteiger partial charge in [0.25, 0.3) is 0 Å². The lowest BCUT2D eigenvalue weighted by atomic mass is 9.55. The molecule has 3 saturated heterocycles. The van der Waals surface area contributed by atoms with Gasteiger partial charge >= 0.3 is 0 Å². The monoisotopic (exact) mass is 575 g/mol. The summed E-state index contributed by atoms with van der Waals surface area (Å²) >= 11 is 0. The van der Waals surface area contributed by atoms with E-state index < -0.39 is 0 Å². The molecule has 2 saturated carbocycles. The van der Waals surface area contributed by atoms with Crippen molar-refractivity contribution in [3.05, 3.63) is 83.0 Å². The van der Waals surface area contributed by atoms with E-state index in [1.54, 1.807) is 0 Å². The molecule has 6 atom stereocenters. The second-order valence-electron chi connectivity index (χ2n) is 13.7. The Kier molecular flexibility index (Phi) is 7.01. The average molecular weight is 576 g/mol. The molecule has 1 amide bonds. The average Bonchev–Trinajstić information content (AvgIpc) is 3.96. The Morgan fingerprint density at radius 2 is 1.86 bits per heavy atom. The molecule has 2 bridgehead atoms. The quantitative estimate of drug-likeness (QED) is 0.395. The third kappa shape index (κ3) is 5.06. The zero-order chi connectivity index (χ0) is 29.0. The second kappa shape index (κ2) is 11.0. The maximum Gasteiger partial charge on any atom is 0.223 e. The van der Waals surface area contributed by atoms with Crippen LogP contribution in [0.5, 0.6) is 0 Å². The number of nitrogens with one attached hydrogen (secondary N) is 1. The van der Waals surface area contributed by atoms with Crippen LogP contribution >= 0.6 is 0 Å². The molecule has 1 N–H and O–H groups in total. The van der Waals surface area contributed by atoms with Gasteiger partial charge in [0.15, 0.2) is 0 Å². The first kappa shape index (κ1) is 27.3. The van der Waals surface area contributed by atoms with Crippen LogP contribution in [0, 0.1) is 28.6 Å². The number of nitriles is 1. The lowest BCUT2D eigenvalue weighted by Crippen LogP contribution is -2.60. The minimum atomic E-state index is 0.0719. The molecule has 0 aromatic heterocycles. The number of amides is 1. The maximum absolute atomic E-state index is 12.8. The van der Waals surface area contributed by atoms with Gasteiger partial charge in [-0.25, -0.2) is 0 Å². The van der Waals surface area contributed by atoms with Gasteiger partial charge in [-0.15, -0.1) is 0 Å². The van der Waals surface area contributed by atoms with Gasteiger partial charge in [-0.2, -0.15) is 5.26 Å². The number of allylic oxidation sites excluding steroid dienone is 1. The highest BCUT2D eigenvalue weighted by atomic mass is 16.6. The van der Waals surface area contributed by atoms with Crippen molar-refractivity contribution in [1.29, 1.82) is 5.26 Å². The number of epoxide rings is 1. The van der Waals surface area contributed by atoms with Crippen molar-refractivity contribution in [3.63, 3.8) is 0 Å². The molecule has 6 heteroatoms. The molecule has 6 unspecified atom stereocenters. The van der Waals surface area contributed by atoms with Crippen molar-refractivity contribution >= 4 is 5.91 Å². The van der Waals surface area contributed by atoms with Gasteiger partial charge in [-0.3, -0.25) is 9.69 Å². The zero-order valence-electron chi connectivity index (χ0n) is 24.8. The second-order valence-corrected chi connectivity index (χ2v) is 13.7. The van der Waals surface area contributed by atoms with E-state index in [2.05, 4.69) is 52.7 Å². The molecule has 43 heavy (non-hydrogen) atoms. The summed E-state index contributed by atoms with van der Waals surface area (Å²) in [4.78, 5) is 15.6. The largest absolute Gasteiger partial charge is 0.370 e. The van der Waals surface area contributed by atoms with Crippen LogP contribution in [-0.2, 0) is 20.7 Å². The SMILES string of the molecule is N#Cc1ccc(-c2ccc(CCNC(=O)CC=CC3=C4COC5C6OC6CCC6C(C3)N(CC3CC3)CCC465)cc2)cc1. The first-order valence-electron chi connectivity index (χ1n) is 16.4. The van der Waals surface area contributed by atoms with Crippen LogP contribution in [-0.4, -0.2) is 61.4 Å². The van der Waals surface area contributed by atoms with Crippen LogP contribution in [0.4, 0.5) is 0 Å². The summed E-state index contributed by atoms with van der Waals surface area (Å²) < 4.78 is 12.7. The van der Waals surface area contributed by atoms with E-state index in [0.29, 0.717) is 42.7 Å². The van der Waals surface area contributed by atoms with Gasteiger partial charge in [-0.1, -0.05) is 48.6 Å². The number of hydrogen-bond acceptors (Lipinski definition) is 5. The number of rotatable bonds is 9. The number of carbonyl (C=O) groups excluding carboxylic acids is 1. The van der Waals surface area contributed by atoms with Crippen molar-refractivity contribution in [2.45, 2.75) is 75.7 Å². The molecule has 6 nitrogen and oxygen atoms in total. The standard InChI is InChI=1S/C37H41N3O3/c38-21-25-8-12-28(13-9-25)27-10-6-24(7-11-27)16-18-39-34(41)3-1-2-29-20-32-30-14-15-33-35(43-33)36-37(30,31(29)23-42-36)17-19-40(32)22-26-4-5-26/h1-2,6-13,26,30,32-33,35-36H,3-5,14-20,22-23H2,(H,39,41). The number of benzene rings is 2. The number of ether oxygens (including phenoxy) is 2. The molecule has 3 heterocycles. The Balaban J connectivity index is 0.896. The molecule has 2 aromatic carbocycles. The highest BCUT2D eigenvalue weighted by molar-refractivity contribution is 5.77. The third-order valence-electron chi connectivity index (χ3n) is 11.2. The summed E-state index contributed by atoms with van der Waals surface area (Å²) in [6, 6.07) is 18.8. The zero-order valence-corrected chi connectivity index (χ0v) is 24.8. The highest BCUT2D eigenvalue weighted by Crippen LogP contribution is 2.64. The summed E-state index contributed by atoms with van der Waals surface area (Å²) in [6.45, 7) is 3.81. The predicted octanol–water partition coefficient (Wildman–Crippen LogP) is 5.58. The predicted molar refractivity (Wildman–Crippen MR) is 165 cm³/mol. The van der Waals surface area contributed by atoms with Crippen LogP contribution < -0.4 is 5.32 Å². The van der Waals surface area contributed by atoms with E-state index in [1.807, 2.05) is 24.3 Å². The van der Waals surface area contributed by atoms with E-state index in [0.717, 1.165) is 36.5 Å². The van der Waals surface area contributed by atoms with Gasteiger partial charge in [0.1, 0.15) is 6.10 Å². The summed E-state index contributed by atoms with van der Waals surface area (Å²) in [5.74, 6) is 1.65. The lowest BCUT2D eigenvalue weighted by Gasteiger charge is -2.56. The number of fused-ring (bicyclic) bond motifs is 2. The molecule has 8 rings (SSSR count). The van der Waals surface area contributed by atoms with Gasteiger partial charge in [0, 0.05) is 31.0 Å². The molecule has 222 valence electrons. The van der Waals surface area contributed by atoms with Crippen LogP contribution in [0.3, 0.4) is 0 Å². The maximum atomic E-state index is 12.8. The van der Waals surface area contributed by atoms with Crippen LogP contribution in [0.2, 0.25) is 0 Å². The summed E-state index contributed by atoms with van der Waals surface area (Å²) in [5, 5.41) is 12.1. The first-order chi connectivity index (χ1) is 21.1. The third-order valence-corrected chi connectivity index (χ3v) is 11.2. The number of piperidine rings is 1. The van der Waals surface area contributed by atoms with Gasteiger partial charge < -0.3 is 14.8 Å². The van der Waals surface area contributed by atoms with Crippen molar-refractivity contribution in [2.24, 2.45) is 17.3 Å².